The zero-order chi connectivity index (χ0) is 14.9. The number of hydrogen-bond acceptors (Lipinski definition) is 3. The van der Waals surface area contributed by atoms with Crippen LogP contribution in [-0.4, -0.2) is 5.78 Å². The van der Waals surface area contributed by atoms with Crippen LogP contribution in [0.2, 0.25) is 0 Å². The SMILES string of the molecule is CC/C=C1\C(=O)c2cc(F)c(F)cc2C1=C(C#N)C#N. The van der Waals surface area contributed by atoms with Crippen LogP contribution in [0.3, 0.4) is 0 Å². The highest BCUT2D eigenvalue weighted by Gasteiger charge is 2.33. The molecule has 0 amide bonds. The van der Waals surface area contributed by atoms with Gasteiger partial charge in [-0.05, 0) is 24.1 Å². The molecule has 3 nitrogen and oxygen atoms in total. The van der Waals surface area contributed by atoms with Crippen molar-refractivity contribution in [2.45, 2.75) is 13.3 Å². The van der Waals surface area contributed by atoms with Crippen LogP contribution in [0, 0.1) is 34.3 Å². The van der Waals surface area contributed by atoms with Crippen LogP contribution in [0.5, 0.6) is 0 Å². The Bertz CT molecular complexity index is 745. The summed E-state index contributed by atoms with van der Waals surface area (Å²) in [4.78, 5) is 12.2. The van der Waals surface area contributed by atoms with Gasteiger partial charge in [0.2, 0.25) is 0 Å². The zero-order valence-corrected chi connectivity index (χ0v) is 10.5. The summed E-state index contributed by atoms with van der Waals surface area (Å²) in [5.74, 6) is -2.76. The van der Waals surface area contributed by atoms with E-state index < -0.39 is 17.4 Å². The molecule has 0 atom stereocenters. The second-order valence-corrected chi connectivity index (χ2v) is 4.14. The predicted molar refractivity (Wildman–Crippen MR) is 67.2 cm³/mol. The first kappa shape index (κ1) is 13.6. The van der Waals surface area contributed by atoms with Crippen molar-refractivity contribution in [3.05, 3.63) is 52.1 Å². The van der Waals surface area contributed by atoms with E-state index in [1.54, 1.807) is 25.1 Å². The van der Waals surface area contributed by atoms with Crippen molar-refractivity contribution in [1.82, 2.24) is 0 Å². The average Bonchev–Trinajstić information content (AvgIpc) is 2.67. The third kappa shape index (κ3) is 1.90. The van der Waals surface area contributed by atoms with Gasteiger partial charge < -0.3 is 0 Å². The van der Waals surface area contributed by atoms with Crippen LogP contribution in [0.15, 0.2) is 29.4 Å². The van der Waals surface area contributed by atoms with Crippen molar-refractivity contribution in [3.63, 3.8) is 0 Å². The maximum atomic E-state index is 13.4. The molecule has 1 aromatic carbocycles. The third-order valence-electron chi connectivity index (χ3n) is 2.97. The van der Waals surface area contributed by atoms with Crippen molar-refractivity contribution in [1.29, 1.82) is 10.5 Å². The van der Waals surface area contributed by atoms with Gasteiger partial charge in [-0.1, -0.05) is 13.0 Å². The highest BCUT2D eigenvalue weighted by atomic mass is 19.2. The number of rotatable bonds is 1. The Morgan fingerprint density at radius 1 is 1.20 bits per heavy atom. The molecular formula is C15H8F2N2O. The molecule has 0 saturated heterocycles. The van der Waals surface area contributed by atoms with Gasteiger partial charge in [0.15, 0.2) is 17.4 Å². The Morgan fingerprint density at radius 3 is 2.25 bits per heavy atom. The molecule has 0 aromatic heterocycles. The number of ketones is 1. The smallest absolute Gasteiger partial charge is 0.194 e. The summed E-state index contributed by atoms with van der Waals surface area (Å²) in [6.07, 6.45) is 2.04. The molecule has 0 saturated carbocycles. The lowest BCUT2D eigenvalue weighted by Crippen LogP contribution is -1.97. The van der Waals surface area contributed by atoms with Crippen LogP contribution in [-0.2, 0) is 0 Å². The van der Waals surface area contributed by atoms with Gasteiger partial charge in [-0.3, -0.25) is 4.79 Å². The first-order valence-corrected chi connectivity index (χ1v) is 5.84. The van der Waals surface area contributed by atoms with Gasteiger partial charge in [0, 0.05) is 16.7 Å². The molecule has 0 heterocycles. The third-order valence-corrected chi connectivity index (χ3v) is 2.97. The number of halogens is 2. The van der Waals surface area contributed by atoms with Crippen LogP contribution in [0.1, 0.15) is 29.3 Å². The van der Waals surface area contributed by atoms with E-state index in [9.17, 15) is 13.6 Å². The molecule has 1 aromatic rings. The van der Waals surface area contributed by atoms with E-state index in [1.165, 1.54) is 0 Å². The van der Waals surface area contributed by atoms with E-state index in [0.29, 0.717) is 6.42 Å². The fraction of sp³-hybridized carbons (Fsp3) is 0.133. The summed E-state index contributed by atoms with van der Waals surface area (Å²) in [5.41, 5.74) is -0.00235. The first-order chi connectivity index (χ1) is 9.54. The van der Waals surface area contributed by atoms with E-state index in [2.05, 4.69) is 0 Å². The molecule has 98 valence electrons. The fourth-order valence-corrected chi connectivity index (χ4v) is 2.15. The number of carbonyl (C=O) groups excluding carboxylic acids is 1. The molecular weight excluding hydrogens is 262 g/mol. The molecule has 1 aliphatic rings. The van der Waals surface area contributed by atoms with E-state index in [0.717, 1.165) is 12.1 Å². The lowest BCUT2D eigenvalue weighted by molar-refractivity contribution is 0.104. The van der Waals surface area contributed by atoms with Gasteiger partial charge in [0.1, 0.15) is 17.7 Å². The Balaban J connectivity index is 2.88. The maximum absolute atomic E-state index is 13.4. The minimum Gasteiger partial charge on any atom is -0.289 e. The molecule has 0 N–H and O–H groups in total. The standard InChI is InChI=1S/C15H8F2N2O/c1-2-3-9-14(8(6-18)7-19)10-4-12(16)13(17)5-11(10)15(9)20/h3-5H,2H2,1H3/b9-3-. The quantitative estimate of drug-likeness (QED) is 0.581. The molecule has 0 radical (unpaired) electrons. The van der Waals surface area contributed by atoms with Gasteiger partial charge >= 0.3 is 0 Å². The summed E-state index contributed by atoms with van der Waals surface area (Å²) in [6, 6.07) is 5.03. The van der Waals surface area contributed by atoms with Gasteiger partial charge in [-0.2, -0.15) is 10.5 Å². The lowest BCUT2D eigenvalue weighted by Gasteiger charge is -2.02. The van der Waals surface area contributed by atoms with Crippen molar-refractivity contribution < 1.29 is 13.6 Å². The fourth-order valence-electron chi connectivity index (χ4n) is 2.15. The molecule has 0 fully saturated rings. The Labute approximate surface area is 114 Å². The number of carbonyl (C=O) groups is 1. The van der Waals surface area contributed by atoms with Crippen molar-refractivity contribution in [3.8, 4) is 12.1 Å². The largest absolute Gasteiger partial charge is 0.289 e. The number of Topliss-reactive ketones (excluding diaryl/α,β-unsaturated/α-hetero) is 1. The molecule has 0 aliphatic heterocycles. The molecule has 5 heteroatoms. The summed E-state index contributed by atoms with van der Waals surface area (Å²) in [6.45, 7) is 1.78. The topological polar surface area (TPSA) is 64.7 Å². The zero-order valence-electron chi connectivity index (χ0n) is 10.5. The minimum absolute atomic E-state index is 0.0263. The second kappa shape index (κ2) is 5.07. The summed E-state index contributed by atoms with van der Waals surface area (Å²) < 4.78 is 26.6. The van der Waals surface area contributed by atoms with Crippen molar-refractivity contribution in [2.75, 3.05) is 0 Å². The number of allylic oxidation sites excluding steroid dienone is 4. The van der Waals surface area contributed by atoms with Gasteiger partial charge in [0.25, 0.3) is 0 Å². The Hall–Kier alpha value is -2.79. The molecule has 0 spiro atoms. The van der Waals surface area contributed by atoms with Crippen molar-refractivity contribution >= 4 is 11.4 Å². The number of fused-ring (bicyclic) bond motifs is 1. The van der Waals surface area contributed by atoms with Crippen LogP contribution in [0.4, 0.5) is 8.78 Å². The molecule has 2 rings (SSSR count). The van der Waals surface area contributed by atoms with Crippen LogP contribution >= 0.6 is 0 Å². The van der Waals surface area contributed by atoms with Gasteiger partial charge in [-0.15, -0.1) is 0 Å². The summed E-state index contributed by atoms with van der Waals surface area (Å²) in [5, 5.41) is 17.9. The molecule has 0 unspecified atom stereocenters. The number of nitriles is 2. The molecule has 20 heavy (non-hydrogen) atoms. The van der Waals surface area contributed by atoms with Gasteiger partial charge in [0.05, 0.1) is 0 Å². The van der Waals surface area contributed by atoms with E-state index in [4.69, 9.17) is 10.5 Å². The van der Waals surface area contributed by atoms with E-state index >= 15 is 0 Å². The van der Waals surface area contributed by atoms with E-state index in [-0.39, 0.29) is 27.8 Å². The monoisotopic (exact) mass is 270 g/mol. The van der Waals surface area contributed by atoms with Gasteiger partial charge in [-0.25, -0.2) is 8.78 Å². The highest BCUT2D eigenvalue weighted by molar-refractivity contribution is 6.27. The number of benzene rings is 1. The predicted octanol–water partition coefficient (Wildman–Crippen LogP) is 3.30. The minimum atomic E-state index is -1.13. The lowest BCUT2D eigenvalue weighted by atomic mass is 9.99. The van der Waals surface area contributed by atoms with Crippen LogP contribution in [0.25, 0.3) is 5.57 Å². The van der Waals surface area contributed by atoms with Crippen LogP contribution < -0.4 is 0 Å². The average molecular weight is 270 g/mol. The molecule has 0 bridgehead atoms. The normalized spacial score (nSPS) is 14.9. The first-order valence-electron chi connectivity index (χ1n) is 5.84. The Kier molecular flexibility index (Phi) is 3.45. The summed E-state index contributed by atoms with van der Waals surface area (Å²) in [7, 11) is 0. The Morgan fingerprint density at radius 2 is 1.75 bits per heavy atom. The summed E-state index contributed by atoms with van der Waals surface area (Å²) >= 11 is 0. The van der Waals surface area contributed by atoms with E-state index in [1.807, 2.05) is 0 Å². The number of hydrogen-bond donors (Lipinski definition) is 0. The maximum Gasteiger partial charge on any atom is 0.194 e. The molecule has 1 aliphatic carbocycles. The highest BCUT2D eigenvalue weighted by Crippen LogP contribution is 2.39. The van der Waals surface area contributed by atoms with Crippen molar-refractivity contribution in [2.24, 2.45) is 0 Å². The number of nitrogens with zero attached hydrogens (tertiary/aromatic N) is 2. The second-order valence-electron chi connectivity index (χ2n) is 4.14.